The van der Waals surface area contributed by atoms with Crippen molar-refractivity contribution in [1.82, 2.24) is 10.2 Å². The highest BCUT2D eigenvalue weighted by Gasteiger charge is 2.34. The molecule has 0 spiro atoms. The third-order valence-electron chi connectivity index (χ3n) is 6.25. The van der Waals surface area contributed by atoms with Gasteiger partial charge in [0.05, 0.1) is 0 Å². The average molecular weight is 467 g/mol. The number of ether oxygens (including phenoxy) is 1. The minimum absolute atomic E-state index is 0.0835. The van der Waals surface area contributed by atoms with Gasteiger partial charge in [0, 0.05) is 13.0 Å². The van der Waals surface area contributed by atoms with E-state index in [0.717, 1.165) is 22.3 Å². The van der Waals surface area contributed by atoms with E-state index < -0.39 is 30.1 Å². The minimum atomic E-state index is -1.07. The lowest BCUT2D eigenvalue weighted by Crippen LogP contribution is -2.53. The van der Waals surface area contributed by atoms with Gasteiger partial charge in [-0.3, -0.25) is 4.79 Å². The fourth-order valence-corrected chi connectivity index (χ4v) is 4.49. The first kappa shape index (κ1) is 25.3. The summed E-state index contributed by atoms with van der Waals surface area (Å²) in [6.45, 7) is 7.68. The van der Waals surface area contributed by atoms with Crippen molar-refractivity contribution in [2.75, 3.05) is 13.7 Å². The molecule has 2 amide bonds. The molecular formula is C27H34N2O5. The van der Waals surface area contributed by atoms with Crippen LogP contribution in [0.1, 0.15) is 57.6 Å². The van der Waals surface area contributed by atoms with Gasteiger partial charge in [-0.05, 0) is 40.5 Å². The van der Waals surface area contributed by atoms with Crippen molar-refractivity contribution in [3.63, 3.8) is 0 Å². The van der Waals surface area contributed by atoms with Gasteiger partial charge in [0.2, 0.25) is 5.91 Å². The zero-order valence-electron chi connectivity index (χ0n) is 20.5. The summed E-state index contributed by atoms with van der Waals surface area (Å²) in [7, 11) is 1.47. The molecule has 2 unspecified atom stereocenters. The van der Waals surface area contributed by atoms with Crippen LogP contribution >= 0.6 is 0 Å². The van der Waals surface area contributed by atoms with Crippen molar-refractivity contribution in [3.05, 3.63) is 59.7 Å². The molecular weight excluding hydrogens is 432 g/mol. The van der Waals surface area contributed by atoms with E-state index in [1.807, 2.05) is 57.2 Å². The SMILES string of the molecule is CCC(NC(=O)OCC1c2ccccc2-c2ccccc21)C(=O)N(C)C(CC(C)(C)C)C(=O)O. The highest BCUT2D eigenvalue weighted by atomic mass is 16.5. The molecule has 0 aromatic heterocycles. The van der Waals surface area contributed by atoms with Crippen molar-refractivity contribution in [1.29, 1.82) is 0 Å². The molecule has 0 bridgehead atoms. The zero-order valence-corrected chi connectivity index (χ0v) is 20.5. The van der Waals surface area contributed by atoms with Crippen LogP contribution in [0.25, 0.3) is 11.1 Å². The maximum absolute atomic E-state index is 13.0. The molecule has 0 radical (unpaired) electrons. The second kappa shape index (κ2) is 10.3. The predicted molar refractivity (Wildman–Crippen MR) is 131 cm³/mol. The first-order chi connectivity index (χ1) is 16.0. The Kier molecular flexibility index (Phi) is 7.64. The third-order valence-corrected chi connectivity index (χ3v) is 6.25. The molecule has 2 atom stereocenters. The standard InChI is InChI=1S/C27H34N2O5/c1-6-22(24(30)29(5)23(25(31)32)15-27(2,3)4)28-26(33)34-16-21-19-13-9-7-11-17(19)18-12-8-10-14-20(18)21/h7-14,21-23H,6,15-16H2,1-5H3,(H,28,33)(H,31,32). The molecule has 0 fully saturated rings. The summed E-state index contributed by atoms with van der Waals surface area (Å²) < 4.78 is 5.55. The topological polar surface area (TPSA) is 95.9 Å². The van der Waals surface area contributed by atoms with E-state index in [-0.39, 0.29) is 17.9 Å². The van der Waals surface area contributed by atoms with Crippen LogP contribution in [-0.4, -0.2) is 53.7 Å². The predicted octanol–water partition coefficient (Wildman–Crippen LogP) is 4.65. The van der Waals surface area contributed by atoms with Gasteiger partial charge in [-0.1, -0.05) is 76.2 Å². The number of carbonyl (C=O) groups is 3. The Morgan fingerprint density at radius 1 is 1.03 bits per heavy atom. The molecule has 7 heteroatoms. The largest absolute Gasteiger partial charge is 0.480 e. The van der Waals surface area contributed by atoms with Crippen molar-refractivity contribution in [3.8, 4) is 11.1 Å². The quantitative estimate of drug-likeness (QED) is 0.590. The summed E-state index contributed by atoms with van der Waals surface area (Å²) in [5.41, 5.74) is 4.19. The molecule has 0 aliphatic heterocycles. The first-order valence-electron chi connectivity index (χ1n) is 11.6. The molecule has 3 rings (SSSR count). The van der Waals surface area contributed by atoms with Crippen molar-refractivity contribution >= 4 is 18.0 Å². The summed E-state index contributed by atoms with van der Waals surface area (Å²) in [4.78, 5) is 38.7. The fraction of sp³-hybridized carbons (Fsp3) is 0.444. The smallest absolute Gasteiger partial charge is 0.407 e. The number of hydrogen-bond donors (Lipinski definition) is 2. The summed E-state index contributed by atoms with van der Waals surface area (Å²) >= 11 is 0. The summed E-state index contributed by atoms with van der Waals surface area (Å²) in [5, 5.41) is 12.3. The van der Waals surface area contributed by atoms with Gasteiger partial charge in [0.1, 0.15) is 18.7 Å². The summed E-state index contributed by atoms with van der Waals surface area (Å²) in [5.74, 6) is -1.60. The van der Waals surface area contributed by atoms with Crippen LogP contribution in [0.5, 0.6) is 0 Å². The molecule has 0 heterocycles. The Morgan fingerprint density at radius 2 is 1.56 bits per heavy atom. The second-order valence-corrected chi connectivity index (χ2v) is 10.00. The molecule has 2 N–H and O–H groups in total. The molecule has 182 valence electrons. The number of alkyl carbamates (subject to hydrolysis) is 1. The van der Waals surface area contributed by atoms with E-state index in [9.17, 15) is 19.5 Å². The monoisotopic (exact) mass is 466 g/mol. The number of rotatable bonds is 8. The van der Waals surface area contributed by atoms with Gasteiger partial charge in [-0.2, -0.15) is 0 Å². The Bertz CT molecular complexity index is 1010. The number of hydrogen-bond acceptors (Lipinski definition) is 4. The molecule has 0 saturated carbocycles. The number of amides is 2. The number of nitrogens with zero attached hydrogens (tertiary/aromatic N) is 1. The van der Waals surface area contributed by atoms with Crippen LogP contribution in [0, 0.1) is 5.41 Å². The number of benzene rings is 2. The molecule has 2 aromatic rings. The number of likely N-dealkylation sites (N-methyl/N-ethyl adjacent to an activating group) is 1. The highest BCUT2D eigenvalue weighted by molar-refractivity contribution is 5.89. The molecule has 7 nitrogen and oxygen atoms in total. The Hall–Kier alpha value is -3.35. The lowest BCUT2D eigenvalue weighted by molar-refractivity contribution is -0.151. The third kappa shape index (κ3) is 5.58. The van der Waals surface area contributed by atoms with E-state index >= 15 is 0 Å². The van der Waals surface area contributed by atoms with Crippen LogP contribution in [0.15, 0.2) is 48.5 Å². The van der Waals surface area contributed by atoms with E-state index in [2.05, 4.69) is 17.4 Å². The molecule has 1 aliphatic rings. The summed E-state index contributed by atoms with van der Waals surface area (Å²) in [6, 6.07) is 14.3. The lowest BCUT2D eigenvalue weighted by atomic mass is 9.87. The van der Waals surface area contributed by atoms with Gasteiger partial charge in [-0.15, -0.1) is 0 Å². The van der Waals surface area contributed by atoms with Gasteiger partial charge in [-0.25, -0.2) is 9.59 Å². The fourth-order valence-electron chi connectivity index (χ4n) is 4.49. The van der Waals surface area contributed by atoms with Crippen LogP contribution < -0.4 is 5.32 Å². The van der Waals surface area contributed by atoms with E-state index in [1.165, 1.54) is 11.9 Å². The van der Waals surface area contributed by atoms with Gasteiger partial charge >= 0.3 is 12.1 Å². The average Bonchev–Trinajstić information content (AvgIpc) is 3.11. The van der Waals surface area contributed by atoms with Crippen molar-refractivity contribution < 1.29 is 24.2 Å². The maximum atomic E-state index is 13.0. The summed E-state index contributed by atoms with van der Waals surface area (Å²) in [6.07, 6.45) is -0.0839. The first-order valence-corrected chi connectivity index (χ1v) is 11.6. The van der Waals surface area contributed by atoms with E-state index in [1.54, 1.807) is 6.92 Å². The van der Waals surface area contributed by atoms with Crippen molar-refractivity contribution in [2.45, 2.75) is 58.5 Å². The van der Waals surface area contributed by atoms with Gasteiger partial charge in [0.15, 0.2) is 0 Å². The van der Waals surface area contributed by atoms with Crippen LogP contribution in [-0.2, 0) is 14.3 Å². The van der Waals surface area contributed by atoms with E-state index in [4.69, 9.17) is 4.74 Å². The Morgan fingerprint density at radius 3 is 2.03 bits per heavy atom. The van der Waals surface area contributed by atoms with Crippen LogP contribution in [0.4, 0.5) is 4.79 Å². The number of aliphatic carboxylic acids is 1. The van der Waals surface area contributed by atoms with Crippen molar-refractivity contribution in [2.24, 2.45) is 5.41 Å². The number of nitrogens with one attached hydrogen (secondary N) is 1. The maximum Gasteiger partial charge on any atom is 0.407 e. The van der Waals surface area contributed by atoms with Gasteiger partial charge in [0.25, 0.3) is 0 Å². The van der Waals surface area contributed by atoms with Gasteiger partial charge < -0.3 is 20.1 Å². The second-order valence-electron chi connectivity index (χ2n) is 10.00. The number of carboxylic acids is 1. The Balaban J connectivity index is 1.66. The molecule has 0 saturated heterocycles. The van der Waals surface area contributed by atoms with Crippen LogP contribution in [0.3, 0.4) is 0 Å². The molecule has 34 heavy (non-hydrogen) atoms. The number of carboxylic acid groups (broad SMARTS) is 1. The number of fused-ring (bicyclic) bond motifs is 3. The van der Waals surface area contributed by atoms with Crippen LogP contribution in [0.2, 0.25) is 0 Å². The highest BCUT2D eigenvalue weighted by Crippen LogP contribution is 2.44. The zero-order chi connectivity index (χ0) is 25.0. The Labute approximate surface area is 201 Å². The normalized spacial score (nSPS) is 14.5. The molecule has 1 aliphatic carbocycles. The number of carbonyl (C=O) groups excluding carboxylic acids is 2. The lowest BCUT2D eigenvalue weighted by Gasteiger charge is -2.32. The molecule has 2 aromatic carbocycles. The minimum Gasteiger partial charge on any atom is -0.480 e. The van der Waals surface area contributed by atoms with E-state index in [0.29, 0.717) is 12.8 Å².